The fourth-order valence-corrected chi connectivity index (χ4v) is 2.67. The summed E-state index contributed by atoms with van der Waals surface area (Å²) in [6, 6.07) is 8.65. The average Bonchev–Trinajstić information content (AvgIpc) is 2.90. The number of sulfone groups is 1. The molecule has 1 heterocycles. The Balaban J connectivity index is 2.08. The molecule has 0 spiro atoms. The first-order valence-corrected chi connectivity index (χ1v) is 7.36. The normalized spacial score (nSPS) is 11.8. The average molecular weight is 278 g/mol. The van der Waals surface area contributed by atoms with Crippen molar-refractivity contribution in [2.45, 2.75) is 5.75 Å². The molecular weight excluding hydrogens is 264 g/mol. The van der Waals surface area contributed by atoms with E-state index >= 15 is 0 Å². The second-order valence-electron chi connectivity index (χ2n) is 4.01. The molecular formula is C14H14O4S. The summed E-state index contributed by atoms with van der Waals surface area (Å²) in [4.78, 5) is 0. The van der Waals surface area contributed by atoms with E-state index in [9.17, 15) is 8.42 Å². The Kier molecular flexibility index (Phi) is 4.06. The van der Waals surface area contributed by atoms with Crippen molar-refractivity contribution in [2.75, 3.05) is 7.11 Å². The highest BCUT2D eigenvalue weighted by atomic mass is 32.2. The minimum absolute atomic E-state index is 0.0364. The van der Waals surface area contributed by atoms with Crippen LogP contribution in [0.3, 0.4) is 0 Å². The van der Waals surface area contributed by atoms with Crippen molar-refractivity contribution in [3.63, 3.8) is 0 Å². The minimum Gasteiger partial charge on any atom is -0.497 e. The first-order valence-electron chi connectivity index (χ1n) is 5.65. The van der Waals surface area contributed by atoms with E-state index in [1.807, 2.05) is 0 Å². The number of benzene rings is 1. The largest absolute Gasteiger partial charge is 0.497 e. The molecule has 5 heteroatoms. The Labute approximate surface area is 112 Å². The smallest absolute Gasteiger partial charge is 0.175 e. The van der Waals surface area contributed by atoms with Crippen molar-refractivity contribution in [3.8, 4) is 5.75 Å². The number of methoxy groups -OCH3 is 1. The molecule has 0 fully saturated rings. The molecule has 0 aliphatic heterocycles. The fourth-order valence-electron chi connectivity index (χ4n) is 1.55. The Morgan fingerprint density at radius 2 is 1.95 bits per heavy atom. The van der Waals surface area contributed by atoms with Gasteiger partial charge < -0.3 is 9.15 Å². The van der Waals surface area contributed by atoms with Gasteiger partial charge in [0.2, 0.25) is 0 Å². The van der Waals surface area contributed by atoms with Crippen molar-refractivity contribution in [2.24, 2.45) is 0 Å². The number of hydrogen-bond donors (Lipinski definition) is 0. The van der Waals surface area contributed by atoms with Crippen LogP contribution < -0.4 is 4.74 Å². The van der Waals surface area contributed by atoms with E-state index in [-0.39, 0.29) is 5.75 Å². The maximum Gasteiger partial charge on any atom is 0.175 e. The van der Waals surface area contributed by atoms with Crippen LogP contribution in [0.1, 0.15) is 11.1 Å². The van der Waals surface area contributed by atoms with Gasteiger partial charge in [0.1, 0.15) is 5.75 Å². The van der Waals surface area contributed by atoms with Crippen LogP contribution in [0.15, 0.2) is 52.7 Å². The molecule has 0 radical (unpaired) electrons. The van der Waals surface area contributed by atoms with E-state index in [4.69, 9.17) is 9.15 Å². The highest BCUT2D eigenvalue weighted by Gasteiger charge is 2.08. The lowest BCUT2D eigenvalue weighted by atomic mass is 10.2. The van der Waals surface area contributed by atoms with Gasteiger partial charge in [-0.15, -0.1) is 0 Å². The molecule has 0 saturated carbocycles. The molecule has 0 aliphatic carbocycles. The standard InChI is InChI=1S/C14H14O4S/c1-17-14-4-2-13(3-5-14)11-19(15,16)9-7-12-6-8-18-10-12/h2-10H,11H2,1H3. The molecule has 0 atom stereocenters. The zero-order valence-electron chi connectivity index (χ0n) is 10.4. The van der Waals surface area contributed by atoms with Crippen LogP contribution in [0.2, 0.25) is 0 Å². The molecule has 0 amide bonds. The molecule has 0 N–H and O–H groups in total. The van der Waals surface area contributed by atoms with Crippen molar-refractivity contribution >= 4 is 15.9 Å². The third kappa shape index (κ3) is 3.99. The Morgan fingerprint density at radius 3 is 2.53 bits per heavy atom. The van der Waals surface area contributed by atoms with Gasteiger partial charge in [-0.2, -0.15) is 0 Å². The van der Waals surface area contributed by atoms with Crippen molar-refractivity contribution in [1.82, 2.24) is 0 Å². The van der Waals surface area contributed by atoms with Crippen molar-refractivity contribution < 1.29 is 17.6 Å². The number of furan rings is 1. The van der Waals surface area contributed by atoms with Gasteiger partial charge in [0.05, 0.1) is 25.4 Å². The molecule has 19 heavy (non-hydrogen) atoms. The van der Waals surface area contributed by atoms with Gasteiger partial charge >= 0.3 is 0 Å². The van der Waals surface area contributed by atoms with E-state index in [0.717, 1.165) is 11.1 Å². The molecule has 2 aromatic rings. The monoisotopic (exact) mass is 278 g/mol. The van der Waals surface area contributed by atoms with Crippen LogP contribution in [0.5, 0.6) is 5.75 Å². The summed E-state index contributed by atoms with van der Waals surface area (Å²) in [5, 5.41) is 1.20. The molecule has 100 valence electrons. The van der Waals surface area contributed by atoms with E-state index in [1.165, 1.54) is 24.0 Å². The van der Waals surface area contributed by atoms with Gasteiger partial charge in [-0.3, -0.25) is 0 Å². The third-order valence-corrected chi connectivity index (χ3v) is 3.82. The van der Waals surface area contributed by atoms with Crippen LogP contribution >= 0.6 is 0 Å². The van der Waals surface area contributed by atoms with Gasteiger partial charge in [0.15, 0.2) is 9.84 Å². The number of ether oxygens (including phenoxy) is 1. The second-order valence-corrected chi connectivity index (χ2v) is 5.90. The first-order chi connectivity index (χ1) is 9.09. The number of hydrogen-bond acceptors (Lipinski definition) is 4. The summed E-state index contributed by atoms with van der Waals surface area (Å²) in [5.74, 6) is 0.667. The zero-order valence-corrected chi connectivity index (χ0v) is 11.3. The third-order valence-electron chi connectivity index (χ3n) is 2.54. The Hall–Kier alpha value is -2.01. The maximum atomic E-state index is 11.9. The molecule has 0 saturated heterocycles. The second kappa shape index (κ2) is 5.75. The van der Waals surface area contributed by atoms with E-state index in [1.54, 1.807) is 37.4 Å². The fraction of sp³-hybridized carbons (Fsp3) is 0.143. The SMILES string of the molecule is COc1ccc(CS(=O)(=O)C=Cc2ccoc2)cc1. The summed E-state index contributed by atoms with van der Waals surface area (Å²) in [7, 11) is -1.72. The van der Waals surface area contributed by atoms with Gasteiger partial charge in [0.25, 0.3) is 0 Å². The predicted molar refractivity (Wildman–Crippen MR) is 73.4 cm³/mol. The van der Waals surface area contributed by atoms with Crippen LogP contribution in [0, 0.1) is 0 Å². The molecule has 0 bridgehead atoms. The van der Waals surface area contributed by atoms with Gasteiger partial charge in [-0.05, 0) is 29.8 Å². The zero-order chi connectivity index (χ0) is 13.7. The van der Waals surface area contributed by atoms with Crippen LogP contribution in [-0.2, 0) is 15.6 Å². The lowest BCUT2D eigenvalue weighted by Crippen LogP contribution is -1.99. The summed E-state index contributed by atoms with van der Waals surface area (Å²) in [6.45, 7) is 0. The maximum absolute atomic E-state index is 11.9. The molecule has 0 aliphatic rings. The van der Waals surface area contributed by atoms with Crippen LogP contribution in [0.4, 0.5) is 0 Å². The highest BCUT2D eigenvalue weighted by molar-refractivity contribution is 7.93. The van der Waals surface area contributed by atoms with Gasteiger partial charge in [0, 0.05) is 11.0 Å². The first kappa shape index (κ1) is 13.4. The summed E-state index contributed by atoms with van der Waals surface area (Å²) >= 11 is 0. The van der Waals surface area contributed by atoms with E-state index < -0.39 is 9.84 Å². The Morgan fingerprint density at radius 1 is 1.21 bits per heavy atom. The molecule has 0 unspecified atom stereocenters. The number of rotatable bonds is 5. The molecule has 1 aromatic carbocycles. The molecule has 2 rings (SSSR count). The Bertz CT molecular complexity index is 637. The van der Waals surface area contributed by atoms with Crippen LogP contribution in [0.25, 0.3) is 6.08 Å². The summed E-state index contributed by atoms with van der Waals surface area (Å²) in [5.41, 5.74) is 1.44. The van der Waals surface area contributed by atoms with Crippen molar-refractivity contribution in [1.29, 1.82) is 0 Å². The predicted octanol–water partition coefficient (Wildman–Crippen LogP) is 2.87. The summed E-state index contributed by atoms with van der Waals surface area (Å²) in [6.07, 6.45) is 4.50. The topological polar surface area (TPSA) is 56.5 Å². The molecule has 1 aromatic heterocycles. The summed E-state index contributed by atoms with van der Waals surface area (Å²) < 4.78 is 33.7. The van der Waals surface area contributed by atoms with Gasteiger partial charge in [-0.1, -0.05) is 12.1 Å². The minimum atomic E-state index is -3.29. The van der Waals surface area contributed by atoms with E-state index in [0.29, 0.717) is 5.75 Å². The highest BCUT2D eigenvalue weighted by Crippen LogP contribution is 2.15. The molecule has 4 nitrogen and oxygen atoms in total. The van der Waals surface area contributed by atoms with Crippen LogP contribution in [-0.4, -0.2) is 15.5 Å². The van der Waals surface area contributed by atoms with Gasteiger partial charge in [-0.25, -0.2) is 8.42 Å². The van der Waals surface area contributed by atoms with E-state index in [2.05, 4.69) is 0 Å². The lowest BCUT2D eigenvalue weighted by molar-refractivity contribution is 0.414. The quantitative estimate of drug-likeness (QED) is 0.844. The lowest BCUT2D eigenvalue weighted by Gasteiger charge is -2.02. The van der Waals surface area contributed by atoms with Crippen molar-refractivity contribution in [3.05, 3.63) is 59.4 Å².